The SMILES string of the molecule is NCCC1(C(=O)Cl)Cc2ccccc21. The summed E-state index contributed by atoms with van der Waals surface area (Å²) in [6.07, 6.45) is 1.38. The molecule has 0 amide bonds. The number of benzene rings is 1. The number of hydrogen-bond acceptors (Lipinski definition) is 2. The molecule has 74 valence electrons. The van der Waals surface area contributed by atoms with Crippen molar-refractivity contribution in [1.29, 1.82) is 0 Å². The van der Waals surface area contributed by atoms with E-state index in [2.05, 4.69) is 0 Å². The maximum atomic E-state index is 11.4. The lowest BCUT2D eigenvalue weighted by molar-refractivity contribution is -0.117. The fourth-order valence-corrected chi connectivity index (χ4v) is 2.46. The summed E-state index contributed by atoms with van der Waals surface area (Å²) in [6.45, 7) is 0.493. The van der Waals surface area contributed by atoms with Crippen molar-refractivity contribution >= 4 is 16.8 Å². The highest BCUT2D eigenvalue weighted by molar-refractivity contribution is 6.65. The maximum absolute atomic E-state index is 11.4. The Morgan fingerprint density at radius 2 is 2.21 bits per heavy atom. The van der Waals surface area contributed by atoms with Crippen LogP contribution in [0.1, 0.15) is 17.5 Å². The lowest BCUT2D eigenvalue weighted by atomic mass is 9.63. The maximum Gasteiger partial charge on any atom is 0.232 e. The van der Waals surface area contributed by atoms with Crippen molar-refractivity contribution in [3.05, 3.63) is 35.4 Å². The largest absolute Gasteiger partial charge is 0.330 e. The molecule has 0 aromatic heterocycles. The summed E-state index contributed by atoms with van der Waals surface area (Å²) in [5.74, 6) is 0. The summed E-state index contributed by atoms with van der Waals surface area (Å²) < 4.78 is 0. The molecule has 14 heavy (non-hydrogen) atoms. The molecular weight excluding hydrogens is 198 g/mol. The average molecular weight is 210 g/mol. The van der Waals surface area contributed by atoms with Gasteiger partial charge in [0.2, 0.25) is 5.24 Å². The number of nitrogens with two attached hydrogens (primary N) is 1. The van der Waals surface area contributed by atoms with E-state index in [0.717, 1.165) is 12.0 Å². The summed E-state index contributed by atoms with van der Waals surface area (Å²) in [4.78, 5) is 11.4. The predicted octanol–water partition coefficient (Wildman–Crippen LogP) is 1.59. The van der Waals surface area contributed by atoms with E-state index in [9.17, 15) is 4.79 Å². The van der Waals surface area contributed by atoms with E-state index < -0.39 is 5.41 Å². The van der Waals surface area contributed by atoms with Crippen molar-refractivity contribution in [3.63, 3.8) is 0 Å². The van der Waals surface area contributed by atoms with E-state index in [4.69, 9.17) is 17.3 Å². The zero-order valence-electron chi connectivity index (χ0n) is 7.79. The number of halogens is 1. The van der Waals surface area contributed by atoms with Crippen molar-refractivity contribution in [1.82, 2.24) is 0 Å². The van der Waals surface area contributed by atoms with E-state index in [1.165, 1.54) is 5.56 Å². The molecule has 2 nitrogen and oxygen atoms in total. The van der Waals surface area contributed by atoms with Crippen molar-refractivity contribution in [2.45, 2.75) is 18.3 Å². The van der Waals surface area contributed by atoms with Crippen LogP contribution in [0.3, 0.4) is 0 Å². The molecule has 0 heterocycles. The highest BCUT2D eigenvalue weighted by Gasteiger charge is 2.46. The lowest BCUT2D eigenvalue weighted by Gasteiger charge is -2.40. The standard InChI is InChI=1S/C11H12ClNO/c12-10(14)11(5-6-13)7-8-3-1-2-4-9(8)11/h1-4H,5-7,13H2. The molecule has 0 radical (unpaired) electrons. The van der Waals surface area contributed by atoms with Gasteiger partial charge in [0.25, 0.3) is 0 Å². The second-order valence-electron chi connectivity index (χ2n) is 3.73. The summed E-state index contributed by atoms with van der Waals surface area (Å²) >= 11 is 5.65. The number of hydrogen-bond donors (Lipinski definition) is 1. The molecule has 2 rings (SSSR count). The topological polar surface area (TPSA) is 43.1 Å². The van der Waals surface area contributed by atoms with Gasteiger partial charge in [-0.15, -0.1) is 0 Å². The summed E-state index contributed by atoms with van der Waals surface area (Å²) in [7, 11) is 0. The van der Waals surface area contributed by atoms with Crippen LogP contribution >= 0.6 is 11.6 Å². The van der Waals surface area contributed by atoms with Crippen LogP contribution in [0.25, 0.3) is 0 Å². The van der Waals surface area contributed by atoms with Crippen LogP contribution in [-0.4, -0.2) is 11.8 Å². The first kappa shape index (κ1) is 9.69. The normalized spacial score (nSPS) is 23.9. The minimum Gasteiger partial charge on any atom is -0.330 e. The monoisotopic (exact) mass is 209 g/mol. The van der Waals surface area contributed by atoms with Gasteiger partial charge in [-0.05, 0) is 42.1 Å². The van der Waals surface area contributed by atoms with Gasteiger partial charge in [-0.3, -0.25) is 4.79 Å². The Morgan fingerprint density at radius 3 is 2.79 bits per heavy atom. The van der Waals surface area contributed by atoms with Gasteiger partial charge in [0.1, 0.15) is 0 Å². The minimum atomic E-state index is -0.493. The van der Waals surface area contributed by atoms with Crippen LogP contribution < -0.4 is 5.73 Å². The second-order valence-corrected chi connectivity index (χ2v) is 4.07. The fraction of sp³-hybridized carbons (Fsp3) is 0.364. The molecule has 1 aromatic carbocycles. The fourth-order valence-electron chi connectivity index (χ4n) is 2.20. The van der Waals surface area contributed by atoms with Crippen LogP contribution in [-0.2, 0) is 16.6 Å². The summed E-state index contributed by atoms with van der Waals surface area (Å²) in [5, 5.41) is -0.276. The number of carbonyl (C=O) groups excluding carboxylic acids is 1. The van der Waals surface area contributed by atoms with E-state index in [1.54, 1.807) is 0 Å². The Bertz CT molecular complexity index is 377. The van der Waals surface area contributed by atoms with Crippen LogP contribution in [0.5, 0.6) is 0 Å². The van der Waals surface area contributed by atoms with Crippen molar-refractivity contribution in [3.8, 4) is 0 Å². The minimum absolute atomic E-state index is 0.276. The van der Waals surface area contributed by atoms with Crippen LogP contribution in [0.15, 0.2) is 24.3 Å². The lowest BCUT2D eigenvalue weighted by Crippen LogP contribution is -2.45. The third-order valence-corrected chi connectivity index (χ3v) is 3.33. The third kappa shape index (κ3) is 1.18. The van der Waals surface area contributed by atoms with Crippen LogP contribution in [0, 0.1) is 0 Å². The average Bonchev–Trinajstić information content (AvgIpc) is 2.13. The number of carbonyl (C=O) groups is 1. The Labute approximate surface area is 88.1 Å². The first-order valence-electron chi connectivity index (χ1n) is 4.69. The molecule has 0 spiro atoms. The van der Waals surface area contributed by atoms with Gasteiger partial charge in [0.05, 0.1) is 5.41 Å². The highest BCUT2D eigenvalue weighted by atomic mass is 35.5. The Hall–Kier alpha value is -0.860. The first-order valence-corrected chi connectivity index (χ1v) is 5.07. The molecule has 1 aromatic rings. The van der Waals surface area contributed by atoms with Gasteiger partial charge in [-0.2, -0.15) is 0 Å². The van der Waals surface area contributed by atoms with Crippen molar-refractivity contribution in [2.24, 2.45) is 5.73 Å². The van der Waals surface area contributed by atoms with E-state index in [-0.39, 0.29) is 5.24 Å². The van der Waals surface area contributed by atoms with Gasteiger partial charge in [-0.25, -0.2) is 0 Å². The molecule has 0 saturated heterocycles. The Kier molecular flexibility index (Phi) is 2.33. The van der Waals surface area contributed by atoms with Crippen molar-refractivity contribution < 1.29 is 4.79 Å². The summed E-state index contributed by atoms with van der Waals surface area (Å²) in [6, 6.07) is 7.91. The zero-order valence-corrected chi connectivity index (χ0v) is 8.55. The molecule has 0 bridgehead atoms. The number of fused-ring (bicyclic) bond motifs is 1. The first-order chi connectivity index (χ1) is 6.70. The third-order valence-electron chi connectivity index (χ3n) is 2.97. The van der Waals surface area contributed by atoms with Crippen LogP contribution in [0.2, 0.25) is 0 Å². The van der Waals surface area contributed by atoms with Gasteiger partial charge < -0.3 is 5.73 Å². The number of rotatable bonds is 3. The van der Waals surface area contributed by atoms with E-state index in [0.29, 0.717) is 13.0 Å². The molecule has 3 heteroatoms. The molecule has 1 atom stereocenters. The van der Waals surface area contributed by atoms with Gasteiger partial charge in [0, 0.05) is 0 Å². The van der Waals surface area contributed by atoms with Crippen LogP contribution in [0.4, 0.5) is 0 Å². The predicted molar refractivity (Wildman–Crippen MR) is 56.4 cm³/mol. The molecule has 2 N–H and O–H groups in total. The quantitative estimate of drug-likeness (QED) is 0.769. The Balaban J connectivity index is 2.40. The molecule has 0 saturated carbocycles. The summed E-state index contributed by atoms with van der Waals surface area (Å²) in [5.41, 5.74) is 7.29. The van der Waals surface area contributed by atoms with Gasteiger partial charge in [0.15, 0.2) is 0 Å². The molecule has 0 fully saturated rings. The van der Waals surface area contributed by atoms with E-state index >= 15 is 0 Å². The highest BCUT2D eigenvalue weighted by Crippen LogP contribution is 2.44. The molecule has 1 aliphatic carbocycles. The molecular formula is C11H12ClNO. The van der Waals surface area contributed by atoms with Gasteiger partial charge >= 0.3 is 0 Å². The van der Waals surface area contributed by atoms with E-state index in [1.807, 2.05) is 24.3 Å². The van der Waals surface area contributed by atoms with Gasteiger partial charge in [-0.1, -0.05) is 24.3 Å². The molecule has 1 unspecified atom stereocenters. The smallest absolute Gasteiger partial charge is 0.232 e. The van der Waals surface area contributed by atoms with Crippen molar-refractivity contribution in [2.75, 3.05) is 6.54 Å². The Morgan fingerprint density at radius 1 is 1.50 bits per heavy atom. The molecule has 0 aliphatic heterocycles. The molecule has 1 aliphatic rings. The second kappa shape index (κ2) is 3.37. The zero-order chi connectivity index (χ0) is 10.2.